The molecule has 0 radical (unpaired) electrons. The Hall–Kier alpha value is -1.28. The molecule has 0 bridgehead atoms. The molecule has 0 amide bonds. The van der Waals surface area contributed by atoms with E-state index in [9.17, 15) is 13.2 Å². The first kappa shape index (κ1) is 15.1. The third-order valence-electron chi connectivity index (χ3n) is 2.26. The maximum absolute atomic E-state index is 12.1. The smallest absolute Gasteiger partial charge is 0.336 e. The number of thiophene rings is 1. The van der Waals surface area contributed by atoms with Gasteiger partial charge in [-0.25, -0.2) is 13.2 Å². The van der Waals surface area contributed by atoms with Crippen molar-refractivity contribution < 1.29 is 18.3 Å². The van der Waals surface area contributed by atoms with Crippen molar-refractivity contribution in [3.8, 4) is 0 Å². The summed E-state index contributed by atoms with van der Waals surface area (Å²) < 4.78 is 26.3. The maximum Gasteiger partial charge on any atom is 0.336 e. The van der Waals surface area contributed by atoms with Crippen LogP contribution >= 0.6 is 34.5 Å². The fraction of sp³-hybridized carbons (Fsp3) is 0. The number of hydrogen-bond donors (Lipinski definition) is 2. The highest BCUT2D eigenvalue weighted by molar-refractivity contribution is 7.94. The van der Waals surface area contributed by atoms with Gasteiger partial charge < -0.3 is 5.11 Å². The second-order valence-electron chi connectivity index (χ2n) is 3.69. The summed E-state index contributed by atoms with van der Waals surface area (Å²) in [5.74, 6) is -1.19. The summed E-state index contributed by atoms with van der Waals surface area (Å²) >= 11 is 12.4. The minimum atomic E-state index is -3.88. The Labute approximate surface area is 128 Å². The molecule has 0 saturated carbocycles. The summed E-state index contributed by atoms with van der Waals surface area (Å²) in [5.41, 5.74) is 0.0823. The average molecular weight is 352 g/mol. The summed E-state index contributed by atoms with van der Waals surface area (Å²) in [6.45, 7) is 0. The molecular weight excluding hydrogens is 345 g/mol. The predicted octanol–water partition coefficient (Wildman–Crippen LogP) is 3.55. The fourth-order valence-electron chi connectivity index (χ4n) is 1.34. The van der Waals surface area contributed by atoms with Crippen molar-refractivity contribution in [3.05, 3.63) is 45.3 Å². The van der Waals surface area contributed by atoms with Gasteiger partial charge in [0, 0.05) is 10.4 Å². The van der Waals surface area contributed by atoms with Crippen molar-refractivity contribution in [3.63, 3.8) is 0 Å². The summed E-state index contributed by atoms with van der Waals surface area (Å²) in [4.78, 5) is 10.7. The third kappa shape index (κ3) is 3.24. The van der Waals surface area contributed by atoms with Crippen molar-refractivity contribution >= 4 is 56.2 Å². The van der Waals surface area contributed by atoms with E-state index in [2.05, 4.69) is 4.72 Å². The van der Waals surface area contributed by atoms with E-state index >= 15 is 0 Å². The number of anilines is 1. The molecule has 1 heterocycles. The van der Waals surface area contributed by atoms with Crippen molar-refractivity contribution in [1.82, 2.24) is 0 Å². The summed E-state index contributed by atoms with van der Waals surface area (Å²) in [6, 6.07) is 5.40. The molecule has 2 rings (SSSR count). The maximum atomic E-state index is 12.1. The molecule has 2 N–H and O–H groups in total. The van der Waals surface area contributed by atoms with Gasteiger partial charge in [0.15, 0.2) is 0 Å². The van der Waals surface area contributed by atoms with E-state index in [4.69, 9.17) is 28.3 Å². The molecule has 0 saturated heterocycles. The highest BCUT2D eigenvalue weighted by Gasteiger charge is 2.20. The lowest BCUT2D eigenvalue weighted by atomic mass is 10.3. The van der Waals surface area contributed by atoms with Crippen molar-refractivity contribution in [2.75, 3.05) is 4.72 Å². The molecule has 0 spiro atoms. The average Bonchev–Trinajstić information content (AvgIpc) is 2.83. The van der Waals surface area contributed by atoms with Crippen LogP contribution in [0.15, 0.2) is 33.9 Å². The molecule has 1 aromatic carbocycles. The number of halogens is 2. The van der Waals surface area contributed by atoms with Gasteiger partial charge >= 0.3 is 5.97 Å². The first-order valence-electron chi connectivity index (χ1n) is 5.09. The first-order chi connectivity index (χ1) is 9.29. The molecule has 0 aliphatic rings. The molecule has 20 heavy (non-hydrogen) atoms. The lowest BCUT2D eigenvalue weighted by Crippen LogP contribution is -2.11. The first-order valence-corrected chi connectivity index (χ1v) is 8.21. The van der Waals surface area contributed by atoms with Gasteiger partial charge in [-0.3, -0.25) is 4.72 Å². The van der Waals surface area contributed by atoms with E-state index in [1.807, 2.05) is 0 Å². The zero-order valence-corrected chi connectivity index (χ0v) is 12.8. The van der Waals surface area contributed by atoms with Crippen molar-refractivity contribution in [2.24, 2.45) is 0 Å². The van der Waals surface area contributed by atoms with Crippen LogP contribution in [0.4, 0.5) is 5.69 Å². The summed E-state index contributed by atoms with van der Waals surface area (Å²) in [5, 5.41) is 10.6. The molecule has 5 nitrogen and oxygen atoms in total. The Morgan fingerprint density at radius 2 is 1.95 bits per heavy atom. The standard InChI is InChI=1S/C11H7Cl2NO4S2/c12-7-1-2-9(8(13)4-7)14-20(17,18)10-3-6(5-19-10)11(15)16/h1-5,14H,(H,15,16). The molecule has 106 valence electrons. The minimum Gasteiger partial charge on any atom is -0.478 e. The number of carboxylic acids is 1. The highest BCUT2D eigenvalue weighted by Crippen LogP contribution is 2.29. The second kappa shape index (κ2) is 5.61. The van der Waals surface area contributed by atoms with Crippen LogP contribution in [0.1, 0.15) is 10.4 Å². The van der Waals surface area contributed by atoms with Gasteiger partial charge in [0.25, 0.3) is 10.0 Å². The van der Waals surface area contributed by atoms with E-state index in [1.54, 1.807) is 0 Å². The van der Waals surface area contributed by atoms with Crippen LogP contribution < -0.4 is 4.72 Å². The Kier molecular flexibility index (Phi) is 4.24. The number of sulfonamides is 1. The molecule has 0 aliphatic heterocycles. The monoisotopic (exact) mass is 351 g/mol. The van der Waals surface area contributed by atoms with Gasteiger partial charge in [-0.2, -0.15) is 0 Å². The van der Waals surface area contributed by atoms with E-state index in [1.165, 1.54) is 23.6 Å². The molecule has 0 fully saturated rings. The Morgan fingerprint density at radius 3 is 2.50 bits per heavy atom. The summed E-state index contributed by atoms with van der Waals surface area (Å²) in [6.07, 6.45) is 0. The van der Waals surface area contributed by atoms with Gasteiger partial charge in [-0.15, -0.1) is 11.3 Å². The number of hydrogen-bond acceptors (Lipinski definition) is 4. The lowest BCUT2D eigenvalue weighted by molar-refractivity contribution is 0.0697. The van der Waals surface area contributed by atoms with Gasteiger partial charge in [0.2, 0.25) is 0 Å². The van der Waals surface area contributed by atoms with E-state index in [0.717, 1.165) is 17.4 Å². The van der Waals surface area contributed by atoms with E-state index in [0.29, 0.717) is 5.02 Å². The molecular formula is C11H7Cl2NO4S2. The van der Waals surface area contributed by atoms with Gasteiger partial charge in [0.1, 0.15) is 4.21 Å². The largest absolute Gasteiger partial charge is 0.478 e. The number of benzene rings is 1. The quantitative estimate of drug-likeness (QED) is 0.881. The Balaban J connectivity index is 2.33. The van der Waals surface area contributed by atoms with Gasteiger partial charge in [0.05, 0.1) is 16.3 Å². The predicted molar refractivity (Wildman–Crippen MR) is 78.5 cm³/mol. The number of nitrogens with one attached hydrogen (secondary N) is 1. The summed E-state index contributed by atoms with van der Waals surface area (Å²) in [7, 11) is -3.88. The van der Waals surface area contributed by atoms with Crippen LogP contribution in [-0.4, -0.2) is 19.5 Å². The van der Waals surface area contributed by atoms with Crippen LogP contribution in [-0.2, 0) is 10.0 Å². The highest BCUT2D eigenvalue weighted by atomic mass is 35.5. The zero-order chi connectivity index (χ0) is 14.9. The molecule has 0 unspecified atom stereocenters. The van der Waals surface area contributed by atoms with E-state index < -0.39 is 16.0 Å². The van der Waals surface area contributed by atoms with Crippen molar-refractivity contribution in [2.45, 2.75) is 4.21 Å². The minimum absolute atomic E-state index is 0.0856. The Morgan fingerprint density at radius 1 is 1.25 bits per heavy atom. The molecule has 1 aromatic heterocycles. The van der Waals surface area contributed by atoms with Crippen LogP contribution in [0.3, 0.4) is 0 Å². The number of rotatable bonds is 4. The molecule has 9 heteroatoms. The number of carboxylic acid groups (broad SMARTS) is 1. The fourth-order valence-corrected chi connectivity index (χ4v) is 4.08. The SMILES string of the molecule is O=C(O)c1csc(S(=O)(=O)Nc2ccc(Cl)cc2Cl)c1. The Bertz CT molecular complexity index is 770. The van der Waals surface area contributed by atoms with Crippen LogP contribution in [0.2, 0.25) is 10.0 Å². The van der Waals surface area contributed by atoms with Crippen LogP contribution in [0.25, 0.3) is 0 Å². The third-order valence-corrected chi connectivity index (χ3v) is 5.62. The topological polar surface area (TPSA) is 83.5 Å². The molecule has 0 aliphatic carbocycles. The lowest BCUT2D eigenvalue weighted by Gasteiger charge is -2.08. The zero-order valence-electron chi connectivity index (χ0n) is 9.63. The second-order valence-corrected chi connectivity index (χ2v) is 7.35. The number of carbonyl (C=O) groups is 1. The van der Waals surface area contributed by atoms with Crippen molar-refractivity contribution in [1.29, 1.82) is 0 Å². The molecule has 0 atom stereocenters. The van der Waals surface area contributed by atoms with Gasteiger partial charge in [-0.1, -0.05) is 23.2 Å². The van der Waals surface area contributed by atoms with Crippen LogP contribution in [0, 0.1) is 0 Å². The normalized spacial score (nSPS) is 11.3. The van der Waals surface area contributed by atoms with Gasteiger partial charge in [-0.05, 0) is 24.3 Å². The van der Waals surface area contributed by atoms with E-state index in [-0.39, 0.29) is 20.5 Å². The molecule has 2 aromatic rings. The number of aromatic carboxylic acids is 1. The van der Waals surface area contributed by atoms with Crippen LogP contribution in [0.5, 0.6) is 0 Å².